The van der Waals surface area contributed by atoms with Crippen molar-refractivity contribution >= 4 is 29.2 Å². The van der Waals surface area contributed by atoms with Crippen LogP contribution in [0.1, 0.15) is 22.8 Å². The van der Waals surface area contributed by atoms with Crippen molar-refractivity contribution in [2.24, 2.45) is 0 Å². The Balaban J connectivity index is 2.11. The van der Waals surface area contributed by atoms with Crippen LogP contribution < -0.4 is 14.8 Å². The lowest BCUT2D eigenvalue weighted by atomic mass is 10.2. The number of nitriles is 1. The standard InChI is InChI=1S/C19H17ClN2O5/c1-11(18(23)22-14-6-4-13(10-21)15(20)9-14)27-16-7-5-12(19(24)26-3)8-17(16)25-2/h4-9,11H,1-3H3,(H,22,23)/t11-/m0/s1. The van der Waals surface area contributed by atoms with Crippen molar-refractivity contribution in [3.8, 4) is 17.6 Å². The van der Waals surface area contributed by atoms with Crippen molar-refractivity contribution < 1.29 is 23.8 Å². The van der Waals surface area contributed by atoms with Crippen LogP contribution in [0.3, 0.4) is 0 Å². The summed E-state index contributed by atoms with van der Waals surface area (Å²) in [5.74, 6) is -0.345. The van der Waals surface area contributed by atoms with Crippen molar-refractivity contribution in [3.05, 3.63) is 52.5 Å². The summed E-state index contributed by atoms with van der Waals surface area (Å²) in [5, 5.41) is 11.8. The van der Waals surface area contributed by atoms with E-state index in [-0.39, 0.29) is 5.02 Å². The summed E-state index contributed by atoms with van der Waals surface area (Å²) in [6.07, 6.45) is -0.864. The fourth-order valence-electron chi connectivity index (χ4n) is 2.18. The number of benzene rings is 2. The molecule has 0 fully saturated rings. The lowest BCUT2D eigenvalue weighted by Gasteiger charge is -2.17. The van der Waals surface area contributed by atoms with E-state index in [1.807, 2.05) is 6.07 Å². The molecular formula is C19H17ClN2O5. The zero-order valence-electron chi connectivity index (χ0n) is 14.9. The van der Waals surface area contributed by atoms with E-state index in [0.717, 1.165) is 0 Å². The zero-order chi connectivity index (χ0) is 20.0. The van der Waals surface area contributed by atoms with E-state index in [2.05, 4.69) is 10.1 Å². The molecule has 0 aliphatic rings. The number of nitrogens with zero attached hydrogens (tertiary/aromatic N) is 1. The van der Waals surface area contributed by atoms with Gasteiger partial charge in [-0.15, -0.1) is 0 Å². The molecule has 140 valence electrons. The first-order valence-corrected chi connectivity index (χ1v) is 8.21. The Labute approximate surface area is 161 Å². The highest BCUT2D eigenvalue weighted by molar-refractivity contribution is 6.32. The van der Waals surface area contributed by atoms with Crippen LogP contribution in [0.15, 0.2) is 36.4 Å². The number of hydrogen-bond donors (Lipinski definition) is 1. The van der Waals surface area contributed by atoms with Crippen LogP contribution in [0.25, 0.3) is 0 Å². The predicted molar refractivity (Wildman–Crippen MR) is 99.2 cm³/mol. The minimum Gasteiger partial charge on any atom is -0.493 e. The molecule has 0 heterocycles. The molecule has 1 N–H and O–H groups in total. The van der Waals surface area contributed by atoms with Crippen LogP contribution in [0.4, 0.5) is 5.69 Å². The van der Waals surface area contributed by atoms with Crippen LogP contribution in [0, 0.1) is 11.3 Å². The summed E-state index contributed by atoms with van der Waals surface area (Å²) in [6.45, 7) is 1.56. The highest BCUT2D eigenvalue weighted by atomic mass is 35.5. The maximum atomic E-state index is 12.3. The van der Waals surface area contributed by atoms with E-state index in [0.29, 0.717) is 28.3 Å². The second kappa shape index (κ2) is 8.92. The highest BCUT2D eigenvalue weighted by Crippen LogP contribution is 2.29. The topological polar surface area (TPSA) is 97.6 Å². The monoisotopic (exact) mass is 388 g/mol. The Kier molecular flexibility index (Phi) is 6.63. The Morgan fingerprint density at radius 3 is 2.48 bits per heavy atom. The van der Waals surface area contributed by atoms with E-state index in [1.54, 1.807) is 13.0 Å². The van der Waals surface area contributed by atoms with E-state index in [9.17, 15) is 9.59 Å². The summed E-state index contributed by atoms with van der Waals surface area (Å²) in [6, 6.07) is 11.0. The number of amides is 1. The zero-order valence-corrected chi connectivity index (χ0v) is 15.7. The predicted octanol–water partition coefficient (Wildman–Crippen LogP) is 3.41. The molecule has 0 aliphatic heterocycles. The lowest BCUT2D eigenvalue weighted by molar-refractivity contribution is -0.122. The van der Waals surface area contributed by atoms with Crippen molar-refractivity contribution in [1.29, 1.82) is 5.26 Å². The molecule has 2 rings (SSSR count). The number of ether oxygens (including phenoxy) is 3. The van der Waals surface area contributed by atoms with Gasteiger partial charge in [0.25, 0.3) is 5.91 Å². The molecule has 0 aliphatic carbocycles. The minimum atomic E-state index is -0.864. The molecule has 0 radical (unpaired) electrons. The van der Waals surface area contributed by atoms with Gasteiger partial charge in [-0.05, 0) is 43.3 Å². The Hall–Kier alpha value is -3.24. The number of halogens is 1. The summed E-state index contributed by atoms with van der Waals surface area (Å²) in [5.41, 5.74) is 1.05. The lowest BCUT2D eigenvalue weighted by Crippen LogP contribution is -2.30. The molecule has 0 spiro atoms. The van der Waals surface area contributed by atoms with E-state index in [4.69, 9.17) is 26.3 Å². The third kappa shape index (κ3) is 4.90. The molecule has 2 aromatic rings. The van der Waals surface area contributed by atoms with Crippen LogP contribution in [0.2, 0.25) is 5.02 Å². The summed E-state index contributed by atoms with van der Waals surface area (Å²) in [4.78, 5) is 23.9. The number of carbonyl (C=O) groups is 2. The number of methoxy groups -OCH3 is 2. The van der Waals surface area contributed by atoms with Crippen LogP contribution in [-0.4, -0.2) is 32.2 Å². The molecule has 0 unspecified atom stereocenters. The SMILES string of the molecule is COC(=O)c1ccc(O[C@@H](C)C(=O)Nc2ccc(C#N)c(Cl)c2)c(OC)c1. The summed E-state index contributed by atoms with van der Waals surface area (Å²) >= 11 is 5.95. The third-order valence-electron chi connectivity index (χ3n) is 3.61. The average molecular weight is 389 g/mol. The van der Waals surface area contributed by atoms with Crippen LogP contribution in [-0.2, 0) is 9.53 Å². The Morgan fingerprint density at radius 1 is 1.15 bits per heavy atom. The van der Waals surface area contributed by atoms with Gasteiger partial charge >= 0.3 is 5.97 Å². The van der Waals surface area contributed by atoms with E-state index >= 15 is 0 Å². The van der Waals surface area contributed by atoms with Crippen molar-refractivity contribution in [1.82, 2.24) is 0 Å². The summed E-state index contributed by atoms with van der Waals surface area (Å²) < 4.78 is 15.5. The Bertz CT molecular complexity index is 907. The molecule has 2 aromatic carbocycles. The smallest absolute Gasteiger partial charge is 0.337 e. The molecular weight excluding hydrogens is 372 g/mol. The maximum absolute atomic E-state index is 12.3. The number of rotatable bonds is 6. The van der Waals surface area contributed by atoms with Gasteiger partial charge < -0.3 is 19.5 Å². The summed E-state index contributed by atoms with van der Waals surface area (Å²) in [7, 11) is 2.70. The number of nitrogens with one attached hydrogen (secondary N) is 1. The van der Waals surface area contributed by atoms with E-state index in [1.165, 1.54) is 44.6 Å². The quantitative estimate of drug-likeness (QED) is 0.761. The second-order valence-corrected chi connectivity index (χ2v) is 5.82. The molecule has 1 amide bonds. The second-order valence-electron chi connectivity index (χ2n) is 5.41. The van der Waals surface area contributed by atoms with Gasteiger partial charge in [-0.25, -0.2) is 4.79 Å². The number of carbonyl (C=O) groups excluding carboxylic acids is 2. The Morgan fingerprint density at radius 2 is 1.89 bits per heavy atom. The van der Waals surface area contributed by atoms with Gasteiger partial charge in [0.1, 0.15) is 6.07 Å². The molecule has 0 bridgehead atoms. The number of esters is 1. The number of anilines is 1. The number of hydrogen-bond acceptors (Lipinski definition) is 6. The van der Waals surface area contributed by atoms with Gasteiger partial charge in [0.05, 0.1) is 30.4 Å². The first-order chi connectivity index (χ1) is 12.9. The van der Waals surface area contributed by atoms with Gasteiger partial charge in [0, 0.05) is 5.69 Å². The van der Waals surface area contributed by atoms with Gasteiger partial charge in [-0.1, -0.05) is 11.6 Å². The largest absolute Gasteiger partial charge is 0.493 e. The van der Waals surface area contributed by atoms with Crippen molar-refractivity contribution in [2.75, 3.05) is 19.5 Å². The van der Waals surface area contributed by atoms with Gasteiger partial charge in [0.2, 0.25) is 0 Å². The van der Waals surface area contributed by atoms with Crippen molar-refractivity contribution in [3.63, 3.8) is 0 Å². The third-order valence-corrected chi connectivity index (χ3v) is 3.93. The highest BCUT2D eigenvalue weighted by Gasteiger charge is 2.19. The first-order valence-electron chi connectivity index (χ1n) is 7.83. The van der Waals surface area contributed by atoms with Crippen molar-refractivity contribution in [2.45, 2.75) is 13.0 Å². The maximum Gasteiger partial charge on any atom is 0.337 e. The molecule has 0 aromatic heterocycles. The fraction of sp³-hybridized carbons (Fsp3) is 0.211. The average Bonchev–Trinajstić information content (AvgIpc) is 2.67. The molecule has 1 atom stereocenters. The minimum absolute atomic E-state index is 0.240. The van der Waals surface area contributed by atoms with Gasteiger partial charge in [-0.2, -0.15) is 5.26 Å². The molecule has 27 heavy (non-hydrogen) atoms. The molecule has 0 saturated carbocycles. The van der Waals surface area contributed by atoms with E-state index < -0.39 is 18.0 Å². The normalized spacial score (nSPS) is 11.1. The van der Waals surface area contributed by atoms with Crippen LogP contribution >= 0.6 is 11.6 Å². The molecule has 7 nitrogen and oxygen atoms in total. The van der Waals surface area contributed by atoms with Gasteiger partial charge in [-0.3, -0.25) is 4.79 Å². The fourth-order valence-corrected chi connectivity index (χ4v) is 2.40. The molecule has 0 saturated heterocycles. The van der Waals surface area contributed by atoms with Crippen LogP contribution in [0.5, 0.6) is 11.5 Å². The first kappa shape index (κ1) is 20.1. The van der Waals surface area contributed by atoms with Gasteiger partial charge in [0.15, 0.2) is 17.6 Å². The molecule has 8 heteroatoms.